The summed E-state index contributed by atoms with van der Waals surface area (Å²) >= 11 is 0. The molecule has 88 valence electrons. The fraction of sp³-hybridized carbons (Fsp3) is 0.889. The van der Waals surface area contributed by atoms with Crippen molar-refractivity contribution < 1.29 is 24.9 Å². The van der Waals surface area contributed by atoms with Crippen LogP contribution in [0.3, 0.4) is 0 Å². The van der Waals surface area contributed by atoms with E-state index in [9.17, 15) is 20.1 Å². The van der Waals surface area contributed by atoms with E-state index in [1.807, 2.05) is 0 Å². The number of rotatable bonds is 4. The number of hydrogen-bond acceptors (Lipinski definition) is 6. The van der Waals surface area contributed by atoms with Gasteiger partial charge in [-0.3, -0.25) is 4.79 Å². The second-order valence-electron chi connectivity index (χ2n) is 4.20. The normalized spacial score (nSPS) is 30.5. The van der Waals surface area contributed by atoms with Crippen LogP contribution in [0.5, 0.6) is 0 Å². The first-order chi connectivity index (χ1) is 6.81. The Hall–Kier alpha value is -0.530. The average molecular weight is 219 g/mol. The number of ether oxygens (including phenoxy) is 1. The number of carbonyl (C=O) groups excluding carboxylic acids is 1. The van der Waals surface area contributed by atoms with Gasteiger partial charge in [-0.2, -0.15) is 0 Å². The van der Waals surface area contributed by atoms with Crippen LogP contribution in [-0.4, -0.2) is 57.7 Å². The van der Waals surface area contributed by atoms with E-state index in [1.54, 1.807) is 13.8 Å². The van der Waals surface area contributed by atoms with E-state index in [1.165, 1.54) is 0 Å². The lowest BCUT2D eigenvalue weighted by atomic mass is 9.85. The number of hydrogen-bond donors (Lipinski definition) is 4. The van der Waals surface area contributed by atoms with E-state index < -0.39 is 30.0 Å². The molecule has 5 N–H and O–H groups in total. The Kier molecular flexibility index (Phi) is 3.47. The number of ketones is 1. The highest BCUT2D eigenvalue weighted by Crippen LogP contribution is 2.31. The molecule has 0 unspecified atom stereocenters. The van der Waals surface area contributed by atoms with Gasteiger partial charge in [0.25, 0.3) is 0 Å². The fourth-order valence-corrected chi connectivity index (χ4v) is 1.48. The van der Waals surface area contributed by atoms with Crippen LogP contribution < -0.4 is 5.73 Å². The van der Waals surface area contributed by atoms with Crippen LogP contribution in [0.1, 0.15) is 13.8 Å². The van der Waals surface area contributed by atoms with Crippen molar-refractivity contribution in [1.29, 1.82) is 0 Å². The number of nitrogens with two attached hydrogens (primary N) is 1. The Morgan fingerprint density at radius 2 is 2.00 bits per heavy atom. The van der Waals surface area contributed by atoms with Crippen molar-refractivity contribution in [1.82, 2.24) is 0 Å². The molecule has 1 aliphatic rings. The van der Waals surface area contributed by atoms with Crippen molar-refractivity contribution in [3.8, 4) is 0 Å². The predicted octanol–water partition coefficient (Wildman–Crippen LogP) is -2.23. The first-order valence-electron chi connectivity index (χ1n) is 4.77. The largest absolute Gasteiger partial charge is 0.389 e. The van der Waals surface area contributed by atoms with Gasteiger partial charge in [0, 0.05) is 6.54 Å². The van der Waals surface area contributed by atoms with Crippen molar-refractivity contribution >= 4 is 5.78 Å². The lowest BCUT2D eigenvalue weighted by molar-refractivity contribution is -0.223. The van der Waals surface area contributed by atoms with Crippen LogP contribution in [0.15, 0.2) is 0 Å². The zero-order valence-electron chi connectivity index (χ0n) is 8.75. The van der Waals surface area contributed by atoms with Gasteiger partial charge in [-0.05, 0) is 13.8 Å². The highest BCUT2D eigenvalue weighted by Gasteiger charge is 2.53. The summed E-state index contributed by atoms with van der Waals surface area (Å²) < 4.78 is 5.10. The van der Waals surface area contributed by atoms with Crippen molar-refractivity contribution in [2.24, 2.45) is 5.73 Å². The standard InChI is InChI=1S/C9H17NO5/c1-9(2)8(14)7(15-9)6(13)5(12)4(11)3-10/h4-7,11-13H,3,10H2,1-2H3/t4-,5-,6+,7-/m1/s1. The molecule has 0 spiro atoms. The van der Waals surface area contributed by atoms with E-state index in [2.05, 4.69) is 0 Å². The molecule has 1 fully saturated rings. The quantitative estimate of drug-likeness (QED) is 0.426. The van der Waals surface area contributed by atoms with E-state index in [0.717, 1.165) is 0 Å². The molecule has 0 aliphatic carbocycles. The Morgan fingerprint density at radius 3 is 2.33 bits per heavy atom. The molecule has 0 aromatic rings. The maximum absolute atomic E-state index is 11.4. The molecular weight excluding hydrogens is 202 g/mol. The number of aliphatic hydroxyl groups excluding tert-OH is 3. The number of Topliss-reactive ketones (excluding diaryl/α,β-unsaturated/α-hetero) is 1. The Bertz CT molecular complexity index is 255. The van der Waals surface area contributed by atoms with Crippen LogP contribution in [0.4, 0.5) is 0 Å². The molecule has 1 aliphatic heterocycles. The van der Waals surface area contributed by atoms with Crippen molar-refractivity contribution in [3.63, 3.8) is 0 Å². The molecule has 0 aromatic carbocycles. The number of aliphatic hydroxyl groups is 3. The molecule has 0 aromatic heterocycles. The summed E-state index contributed by atoms with van der Waals surface area (Å²) in [6.07, 6.45) is -5.25. The summed E-state index contributed by atoms with van der Waals surface area (Å²) in [7, 11) is 0. The minimum absolute atomic E-state index is 0.192. The lowest BCUT2D eigenvalue weighted by Crippen LogP contribution is -2.65. The van der Waals surface area contributed by atoms with Crippen molar-refractivity contribution in [2.45, 2.75) is 43.9 Å². The van der Waals surface area contributed by atoms with E-state index in [0.29, 0.717) is 0 Å². The van der Waals surface area contributed by atoms with Gasteiger partial charge in [0.05, 0.1) is 6.10 Å². The summed E-state index contributed by atoms with van der Waals surface area (Å²) in [6.45, 7) is 2.96. The Morgan fingerprint density at radius 1 is 1.47 bits per heavy atom. The second kappa shape index (κ2) is 4.15. The van der Waals surface area contributed by atoms with Gasteiger partial charge in [0.15, 0.2) is 5.78 Å². The van der Waals surface area contributed by atoms with Crippen LogP contribution in [0, 0.1) is 0 Å². The summed E-state index contributed by atoms with van der Waals surface area (Å²) in [4.78, 5) is 11.4. The molecule has 1 heterocycles. The molecule has 1 rings (SSSR count). The first kappa shape index (κ1) is 12.5. The zero-order chi connectivity index (χ0) is 11.8. The van der Waals surface area contributed by atoms with Gasteiger partial charge >= 0.3 is 0 Å². The summed E-state index contributed by atoms with van der Waals surface area (Å²) in [5, 5.41) is 28.1. The summed E-state index contributed by atoms with van der Waals surface area (Å²) in [5.74, 6) is -0.293. The maximum atomic E-state index is 11.4. The van der Waals surface area contributed by atoms with Crippen molar-refractivity contribution in [3.05, 3.63) is 0 Å². The topological polar surface area (TPSA) is 113 Å². The highest BCUT2D eigenvalue weighted by atomic mass is 16.6. The summed E-state index contributed by atoms with van der Waals surface area (Å²) in [6, 6.07) is 0. The smallest absolute Gasteiger partial charge is 0.195 e. The minimum Gasteiger partial charge on any atom is -0.389 e. The Labute approximate surface area is 87.7 Å². The second-order valence-corrected chi connectivity index (χ2v) is 4.20. The summed E-state index contributed by atoms with van der Waals surface area (Å²) in [5.41, 5.74) is 4.19. The monoisotopic (exact) mass is 219 g/mol. The fourth-order valence-electron chi connectivity index (χ4n) is 1.48. The van der Waals surface area contributed by atoms with Crippen LogP contribution in [0.2, 0.25) is 0 Å². The molecular formula is C9H17NO5. The third-order valence-corrected chi connectivity index (χ3v) is 2.57. The average Bonchev–Trinajstić information content (AvgIpc) is 2.22. The van der Waals surface area contributed by atoms with Gasteiger partial charge in [0.2, 0.25) is 0 Å². The Balaban J connectivity index is 2.57. The SMILES string of the molecule is CC1(C)O[C@H]([C@@H](O)[C@H](O)[C@H](O)CN)C1=O. The van der Waals surface area contributed by atoms with Crippen LogP contribution in [0.25, 0.3) is 0 Å². The first-order valence-corrected chi connectivity index (χ1v) is 4.77. The third kappa shape index (κ3) is 2.19. The van der Waals surface area contributed by atoms with E-state index in [-0.39, 0.29) is 12.3 Å². The van der Waals surface area contributed by atoms with E-state index >= 15 is 0 Å². The molecule has 15 heavy (non-hydrogen) atoms. The minimum atomic E-state index is -1.47. The molecule has 0 bridgehead atoms. The molecule has 1 saturated heterocycles. The van der Waals surface area contributed by atoms with Gasteiger partial charge < -0.3 is 25.8 Å². The molecule has 0 saturated carbocycles. The van der Waals surface area contributed by atoms with Crippen molar-refractivity contribution in [2.75, 3.05) is 6.54 Å². The molecule has 0 radical (unpaired) electrons. The van der Waals surface area contributed by atoms with Gasteiger partial charge in [-0.15, -0.1) is 0 Å². The van der Waals surface area contributed by atoms with E-state index in [4.69, 9.17) is 10.5 Å². The highest BCUT2D eigenvalue weighted by molar-refractivity contribution is 5.95. The molecule has 6 nitrogen and oxygen atoms in total. The molecule has 4 atom stereocenters. The lowest BCUT2D eigenvalue weighted by Gasteiger charge is -2.44. The van der Waals surface area contributed by atoms with Gasteiger partial charge in [-0.1, -0.05) is 0 Å². The maximum Gasteiger partial charge on any atom is 0.195 e. The number of carbonyl (C=O) groups is 1. The van der Waals surface area contributed by atoms with Gasteiger partial charge in [0.1, 0.15) is 23.9 Å². The molecule has 6 heteroatoms. The molecule has 0 amide bonds. The van der Waals surface area contributed by atoms with Gasteiger partial charge in [-0.25, -0.2) is 0 Å². The predicted molar refractivity (Wildman–Crippen MR) is 51.0 cm³/mol. The van der Waals surface area contributed by atoms with Crippen LogP contribution >= 0.6 is 0 Å². The van der Waals surface area contributed by atoms with Crippen LogP contribution in [-0.2, 0) is 9.53 Å². The third-order valence-electron chi connectivity index (χ3n) is 2.57. The zero-order valence-corrected chi connectivity index (χ0v) is 8.75.